The molecule has 4 aliphatic rings. The third-order valence-corrected chi connectivity index (χ3v) is 12.7. The number of carboxylic acids is 1. The molecule has 0 radical (unpaired) electrons. The minimum Gasteiger partial charge on any atom is -0.481 e. The highest BCUT2D eigenvalue weighted by Gasteiger charge is 2.42. The Morgan fingerprint density at radius 1 is 0.956 bits per heavy atom. The number of carbonyl (C=O) groups is 2. The summed E-state index contributed by atoms with van der Waals surface area (Å²) in [5, 5.41) is 16.9. The molecule has 6 heterocycles. The number of carboxylic acid groups (broad SMARTS) is 1. The molecule has 4 fully saturated rings. The van der Waals surface area contributed by atoms with E-state index in [1.807, 2.05) is 16.3 Å². The zero-order chi connectivity index (χ0) is 31.1. The summed E-state index contributed by atoms with van der Waals surface area (Å²) >= 11 is 16.0. The molecule has 240 valence electrons. The summed E-state index contributed by atoms with van der Waals surface area (Å²) in [5.74, 6) is -0.218. The summed E-state index contributed by atoms with van der Waals surface area (Å²) in [6.07, 6.45) is 11.8. The SMILES string of the molecule is O=C(Nc1nc(-c2cc(Cl)cs2)c(N2CCC3C(CCN3C3CCCCC3)C2)s1)c1cnc(N2CCC(C(=O)O)CC2)c(Cl)c1. The van der Waals surface area contributed by atoms with E-state index in [1.54, 1.807) is 17.4 Å². The third-order valence-electron chi connectivity index (χ3n) is 10.1. The van der Waals surface area contributed by atoms with Gasteiger partial charge < -0.3 is 14.9 Å². The van der Waals surface area contributed by atoms with Crippen LogP contribution < -0.4 is 15.1 Å². The van der Waals surface area contributed by atoms with Crippen LogP contribution in [0.1, 0.15) is 68.1 Å². The molecular weight excluding hydrogens is 651 g/mol. The predicted molar refractivity (Wildman–Crippen MR) is 183 cm³/mol. The van der Waals surface area contributed by atoms with E-state index in [9.17, 15) is 14.7 Å². The predicted octanol–water partition coefficient (Wildman–Crippen LogP) is 7.36. The van der Waals surface area contributed by atoms with Crippen molar-refractivity contribution in [2.45, 2.75) is 69.9 Å². The van der Waals surface area contributed by atoms with Gasteiger partial charge in [-0.1, -0.05) is 53.8 Å². The van der Waals surface area contributed by atoms with Crippen LogP contribution in [0, 0.1) is 11.8 Å². The van der Waals surface area contributed by atoms with Crippen molar-refractivity contribution in [2.24, 2.45) is 11.8 Å². The number of nitrogens with zero attached hydrogens (tertiary/aromatic N) is 5. The molecule has 3 aromatic rings. The van der Waals surface area contributed by atoms with Crippen molar-refractivity contribution in [3.05, 3.63) is 39.3 Å². The Morgan fingerprint density at radius 3 is 2.44 bits per heavy atom. The van der Waals surface area contributed by atoms with Crippen LogP contribution in [0.15, 0.2) is 23.7 Å². The first-order chi connectivity index (χ1) is 21.8. The lowest BCUT2D eigenvalue weighted by atomic mass is 9.89. The first-order valence-electron chi connectivity index (χ1n) is 16.0. The van der Waals surface area contributed by atoms with Crippen LogP contribution in [0.3, 0.4) is 0 Å². The van der Waals surface area contributed by atoms with Crippen molar-refractivity contribution in [1.82, 2.24) is 14.9 Å². The van der Waals surface area contributed by atoms with E-state index in [4.69, 9.17) is 28.2 Å². The largest absolute Gasteiger partial charge is 0.481 e. The van der Waals surface area contributed by atoms with Gasteiger partial charge in [-0.3, -0.25) is 19.8 Å². The number of fused-ring (bicyclic) bond motifs is 1. The number of aliphatic carboxylic acids is 1. The standard InChI is InChI=1S/C32H38Cl2N6O3S2/c33-22-15-26(44-18-22)27-30(39-12-9-25-20(17-39)8-13-40(25)23-4-2-1-3-5-23)45-32(36-27)37-29(41)21-14-24(34)28(35-16-21)38-10-6-19(7-11-38)31(42)43/h14-16,18-20,23,25H,1-13,17H2,(H,42,43)(H,36,37,41). The second-order valence-electron chi connectivity index (χ2n) is 12.8. The maximum Gasteiger partial charge on any atom is 0.306 e. The number of pyridine rings is 1. The molecule has 13 heteroatoms. The number of halogens is 2. The van der Waals surface area contributed by atoms with Gasteiger partial charge in [0, 0.05) is 49.8 Å². The van der Waals surface area contributed by atoms with Gasteiger partial charge in [-0.2, -0.15) is 0 Å². The average molecular weight is 690 g/mol. The topological polar surface area (TPSA) is 102 Å². The number of carbonyl (C=O) groups excluding carboxylic acids is 1. The third kappa shape index (κ3) is 6.56. The highest BCUT2D eigenvalue weighted by atomic mass is 35.5. The van der Waals surface area contributed by atoms with Crippen molar-refractivity contribution in [3.63, 3.8) is 0 Å². The van der Waals surface area contributed by atoms with Gasteiger partial charge in [0.05, 0.1) is 26.4 Å². The highest BCUT2D eigenvalue weighted by molar-refractivity contribution is 7.21. The summed E-state index contributed by atoms with van der Waals surface area (Å²) in [6, 6.07) is 5.00. The van der Waals surface area contributed by atoms with Gasteiger partial charge in [0.15, 0.2) is 5.13 Å². The first-order valence-corrected chi connectivity index (χ1v) is 18.5. The van der Waals surface area contributed by atoms with E-state index in [2.05, 4.69) is 20.1 Å². The smallest absolute Gasteiger partial charge is 0.306 e. The maximum absolute atomic E-state index is 13.4. The maximum atomic E-state index is 13.4. The number of rotatable bonds is 7. The quantitative estimate of drug-likeness (QED) is 0.266. The van der Waals surface area contributed by atoms with Crippen molar-refractivity contribution >= 4 is 73.7 Å². The Kier molecular flexibility index (Phi) is 9.25. The summed E-state index contributed by atoms with van der Waals surface area (Å²) in [6.45, 7) is 4.30. The molecule has 1 saturated carbocycles. The molecule has 0 bridgehead atoms. The zero-order valence-corrected chi connectivity index (χ0v) is 28.2. The summed E-state index contributed by atoms with van der Waals surface area (Å²) < 4.78 is 0. The Morgan fingerprint density at radius 2 is 1.73 bits per heavy atom. The number of nitrogens with one attached hydrogen (secondary N) is 1. The number of hydrogen-bond acceptors (Lipinski definition) is 9. The number of thiazole rings is 1. The average Bonchev–Trinajstić information content (AvgIpc) is 3.79. The van der Waals surface area contributed by atoms with E-state index in [0.717, 1.165) is 41.1 Å². The Balaban J connectivity index is 1.06. The van der Waals surface area contributed by atoms with Crippen molar-refractivity contribution in [1.29, 1.82) is 0 Å². The fourth-order valence-electron chi connectivity index (χ4n) is 7.74. The van der Waals surface area contributed by atoms with E-state index in [0.29, 0.717) is 64.4 Å². The van der Waals surface area contributed by atoms with Crippen LogP contribution in [0.25, 0.3) is 10.6 Å². The Bertz CT molecular complexity index is 1550. The fourth-order valence-corrected chi connectivity index (χ4v) is 10.2. The molecule has 2 N–H and O–H groups in total. The first kappa shape index (κ1) is 31.2. The Hall–Kier alpha value is -2.44. The van der Waals surface area contributed by atoms with E-state index < -0.39 is 5.97 Å². The van der Waals surface area contributed by atoms with Gasteiger partial charge in [0.1, 0.15) is 16.5 Å². The molecule has 9 nitrogen and oxygen atoms in total. The number of anilines is 3. The molecule has 3 saturated heterocycles. The molecule has 3 aromatic heterocycles. The summed E-state index contributed by atoms with van der Waals surface area (Å²) in [4.78, 5) is 42.4. The normalized spacial score (nSPS) is 23.3. The highest BCUT2D eigenvalue weighted by Crippen LogP contribution is 2.45. The van der Waals surface area contributed by atoms with Gasteiger partial charge in [0.2, 0.25) is 0 Å². The lowest BCUT2D eigenvalue weighted by Gasteiger charge is -2.42. The van der Waals surface area contributed by atoms with Gasteiger partial charge in [-0.05, 0) is 63.1 Å². The molecule has 45 heavy (non-hydrogen) atoms. The molecule has 7 rings (SSSR count). The van der Waals surface area contributed by atoms with Crippen molar-refractivity contribution in [2.75, 3.05) is 47.8 Å². The molecule has 1 amide bonds. The van der Waals surface area contributed by atoms with Gasteiger partial charge in [0.25, 0.3) is 5.91 Å². The van der Waals surface area contributed by atoms with Gasteiger partial charge >= 0.3 is 5.97 Å². The number of thiophene rings is 1. The number of piperidine rings is 2. The van der Waals surface area contributed by atoms with Crippen LogP contribution >= 0.6 is 45.9 Å². The second-order valence-corrected chi connectivity index (χ2v) is 15.5. The lowest BCUT2D eigenvalue weighted by Crippen LogP contribution is -2.49. The molecule has 2 unspecified atom stereocenters. The van der Waals surface area contributed by atoms with Crippen LogP contribution in [-0.4, -0.2) is 76.7 Å². The Labute approximate surface area is 281 Å². The zero-order valence-electron chi connectivity index (χ0n) is 25.1. The van der Waals surface area contributed by atoms with Crippen LogP contribution in [0.5, 0.6) is 0 Å². The number of likely N-dealkylation sites (tertiary alicyclic amines) is 1. The molecule has 1 aliphatic carbocycles. The van der Waals surface area contributed by atoms with E-state index in [1.165, 1.54) is 62.6 Å². The van der Waals surface area contributed by atoms with Crippen LogP contribution in [0.2, 0.25) is 10.0 Å². The monoisotopic (exact) mass is 688 g/mol. The summed E-state index contributed by atoms with van der Waals surface area (Å²) in [7, 11) is 0. The molecule has 0 spiro atoms. The van der Waals surface area contributed by atoms with Crippen molar-refractivity contribution < 1.29 is 14.7 Å². The minimum absolute atomic E-state index is 0.325. The lowest BCUT2D eigenvalue weighted by molar-refractivity contribution is -0.142. The second kappa shape index (κ2) is 13.4. The molecular formula is C32H38Cl2N6O3S2. The van der Waals surface area contributed by atoms with Gasteiger partial charge in [-0.25, -0.2) is 9.97 Å². The van der Waals surface area contributed by atoms with E-state index in [-0.39, 0.29) is 11.8 Å². The minimum atomic E-state index is -0.763. The van der Waals surface area contributed by atoms with Crippen LogP contribution in [0.4, 0.5) is 16.0 Å². The molecule has 2 atom stereocenters. The molecule has 3 aliphatic heterocycles. The number of hydrogen-bond donors (Lipinski definition) is 2. The number of amides is 1. The van der Waals surface area contributed by atoms with E-state index >= 15 is 0 Å². The summed E-state index contributed by atoms with van der Waals surface area (Å²) in [5.41, 5.74) is 1.21. The fraction of sp³-hybridized carbons (Fsp3) is 0.562. The number of aromatic nitrogens is 2. The van der Waals surface area contributed by atoms with Crippen LogP contribution in [-0.2, 0) is 4.79 Å². The van der Waals surface area contributed by atoms with Crippen molar-refractivity contribution in [3.8, 4) is 10.6 Å². The van der Waals surface area contributed by atoms with Gasteiger partial charge in [-0.15, -0.1) is 11.3 Å². The molecule has 0 aromatic carbocycles.